The van der Waals surface area contributed by atoms with Crippen LogP contribution in [0.25, 0.3) is 0 Å². The molecule has 0 radical (unpaired) electrons. The molecule has 4 nitrogen and oxygen atoms in total. The fourth-order valence-electron chi connectivity index (χ4n) is 2.29. The molecule has 0 saturated carbocycles. The van der Waals surface area contributed by atoms with Gasteiger partial charge < -0.3 is 4.74 Å². The monoisotopic (exact) mass is 293 g/mol. The van der Waals surface area contributed by atoms with Crippen LogP contribution in [0.1, 0.15) is 15.9 Å². The van der Waals surface area contributed by atoms with Crippen molar-refractivity contribution >= 4 is 11.9 Å². The Kier molecular flexibility index (Phi) is 4.01. The topological polar surface area (TPSA) is 46.6 Å². The number of rotatable bonds is 4. The number of carbonyl (C=O) groups excluding carboxylic acids is 2. The normalized spacial score (nSPS) is 15.9. The van der Waals surface area contributed by atoms with E-state index in [2.05, 4.69) is 0 Å². The third-order valence-electron chi connectivity index (χ3n) is 3.39. The predicted molar refractivity (Wildman–Crippen MR) is 82.2 cm³/mol. The van der Waals surface area contributed by atoms with Crippen LogP contribution < -0.4 is 0 Å². The van der Waals surface area contributed by atoms with Crippen molar-refractivity contribution in [3.05, 3.63) is 83.6 Å². The van der Waals surface area contributed by atoms with Crippen LogP contribution >= 0.6 is 0 Å². The zero-order valence-electron chi connectivity index (χ0n) is 11.9. The van der Waals surface area contributed by atoms with E-state index in [9.17, 15) is 9.59 Å². The van der Waals surface area contributed by atoms with Crippen LogP contribution in [0.2, 0.25) is 0 Å². The molecule has 22 heavy (non-hydrogen) atoms. The Morgan fingerprint density at radius 2 is 1.68 bits per heavy atom. The van der Waals surface area contributed by atoms with Crippen LogP contribution in [-0.2, 0) is 11.3 Å². The maximum Gasteiger partial charge on any atom is 0.415 e. The van der Waals surface area contributed by atoms with Gasteiger partial charge in [-0.05, 0) is 5.56 Å². The number of hydrogen-bond acceptors (Lipinski definition) is 3. The van der Waals surface area contributed by atoms with Crippen molar-refractivity contribution in [1.29, 1.82) is 0 Å². The van der Waals surface area contributed by atoms with Gasteiger partial charge in [-0.15, -0.1) is 0 Å². The summed E-state index contributed by atoms with van der Waals surface area (Å²) in [4.78, 5) is 25.5. The molecule has 0 atom stereocenters. The van der Waals surface area contributed by atoms with Gasteiger partial charge in [0.25, 0.3) is 0 Å². The molecular weight excluding hydrogens is 278 g/mol. The molecule has 0 spiro atoms. The molecule has 1 aliphatic rings. The predicted octanol–water partition coefficient (Wildman–Crippen LogP) is 3.41. The van der Waals surface area contributed by atoms with Crippen LogP contribution in [0.15, 0.2) is 72.5 Å². The first-order valence-electron chi connectivity index (χ1n) is 7.03. The average Bonchev–Trinajstić information content (AvgIpc) is 2.88. The van der Waals surface area contributed by atoms with Crippen molar-refractivity contribution in [2.45, 2.75) is 6.54 Å². The zero-order valence-corrected chi connectivity index (χ0v) is 11.9. The number of allylic oxidation sites excluding steroid dienone is 1. The molecule has 0 bridgehead atoms. The summed E-state index contributed by atoms with van der Waals surface area (Å²) in [5, 5.41) is 0. The Morgan fingerprint density at radius 1 is 1.05 bits per heavy atom. The van der Waals surface area contributed by atoms with Crippen molar-refractivity contribution in [3.8, 4) is 0 Å². The van der Waals surface area contributed by atoms with Gasteiger partial charge in [0, 0.05) is 18.2 Å². The lowest BCUT2D eigenvalue weighted by molar-refractivity contribution is 0.104. The molecule has 4 heteroatoms. The molecular formula is C18H15NO3. The Hall–Kier alpha value is -2.88. The summed E-state index contributed by atoms with van der Waals surface area (Å²) in [6, 6.07) is 18.6. The van der Waals surface area contributed by atoms with E-state index in [-0.39, 0.29) is 5.78 Å². The standard InChI is InChI=1S/C18H15NO3/c20-17(15-9-5-2-6-10-15)11-16-13-19(18(21)22-16)12-14-7-3-1-4-8-14/h1-11H,12-13H2. The second-order valence-electron chi connectivity index (χ2n) is 5.05. The van der Waals surface area contributed by atoms with Gasteiger partial charge in [0.2, 0.25) is 0 Å². The zero-order chi connectivity index (χ0) is 15.4. The van der Waals surface area contributed by atoms with E-state index in [4.69, 9.17) is 4.74 Å². The lowest BCUT2D eigenvalue weighted by atomic mass is 10.1. The van der Waals surface area contributed by atoms with Crippen molar-refractivity contribution in [2.24, 2.45) is 0 Å². The number of ether oxygens (including phenoxy) is 1. The minimum absolute atomic E-state index is 0.162. The largest absolute Gasteiger partial charge is 0.415 e. The fourth-order valence-corrected chi connectivity index (χ4v) is 2.29. The number of hydrogen-bond donors (Lipinski definition) is 0. The lowest BCUT2D eigenvalue weighted by Gasteiger charge is -2.11. The summed E-state index contributed by atoms with van der Waals surface area (Å²) >= 11 is 0. The number of amides is 1. The second kappa shape index (κ2) is 6.26. The Balaban J connectivity index is 1.69. The quantitative estimate of drug-likeness (QED) is 0.641. The molecule has 1 amide bonds. The van der Waals surface area contributed by atoms with Crippen molar-refractivity contribution in [2.75, 3.05) is 6.54 Å². The van der Waals surface area contributed by atoms with Gasteiger partial charge in [0.15, 0.2) is 5.78 Å². The minimum Gasteiger partial charge on any atom is -0.413 e. The Labute approximate surface area is 128 Å². The molecule has 2 aromatic carbocycles. The highest BCUT2D eigenvalue weighted by molar-refractivity contribution is 6.05. The molecule has 1 aliphatic heterocycles. The van der Waals surface area contributed by atoms with E-state index < -0.39 is 6.09 Å². The fraction of sp³-hybridized carbons (Fsp3) is 0.111. The first kappa shape index (κ1) is 14.1. The molecule has 110 valence electrons. The number of ketones is 1. The average molecular weight is 293 g/mol. The second-order valence-corrected chi connectivity index (χ2v) is 5.05. The molecule has 0 aliphatic carbocycles. The third kappa shape index (κ3) is 3.23. The van der Waals surface area contributed by atoms with Gasteiger partial charge in [-0.3, -0.25) is 9.69 Å². The smallest absolute Gasteiger partial charge is 0.413 e. The maximum absolute atomic E-state index is 12.1. The number of benzene rings is 2. The lowest BCUT2D eigenvalue weighted by Crippen LogP contribution is -2.23. The van der Waals surface area contributed by atoms with Gasteiger partial charge in [-0.2, -0.15) is 0 Å². The summed E-state index contributed by atoms with van der Waals surface area (Å²) in [6.45, 7) is 0.781. The highest BCUT2D eigenvalue weighted by Crippen LogP contribution is 2.18. The van der Waals surface area contributed by atoms with E-state index in [1.54, 1.807) is 29.2 Å². The molecule has 0 N–H and O–H groups in total. The SMILES string of the molecule is O=C(C=C1CN(Cc2ccccc2)C(=O)O1)c1ccccc1. The van der Waals surface area contributed by atoms with Crippen LogP contribution in [0.5, 0.6) is 0 Å². The highest BCUT2D eigenvalue weighted by Gasteiger charge is 2.27. The summed E-state index contributed by atoms with van der Waals surface area (Å²) in [5.74, 6) is 0.222. The first-order chi connectivity index (χ1) is 10.7. The van der Waals surface area contributed by atoms with Gasteiger partial charge in [0.05, 0.1) is 6.54 Å². The van der Waals surface area contributed by atoms with Crippen LogP contribution in [0.4, 0.5) is 4.79 Å². The summed E-state index contributed by atoms with van der Waals surface area (Å²) in [6.07, 6.45) is 0.967. The molecule has 3 rings (SSSR count). The molecule has 1 fully saturated rings. The summed E-state index contributed by atoms with van der Waals surface area (Å²) in [7, 11) is 0. The molecule has 1 saturated heterocycles. The van der Waals surface area contributed by atoms with E-state index in [1.165, 1.54) is 6.08 Å². The minimum atomic E-state index is -0.420. The van der Waals surface area contributed by atoms with Crippen molar-refractivity contribution in [1.82, 2.24) is 4.90 Å². The third-order valence-corrected chi connectivity index (χ3v) is 3.39. The Bertz CT molecular complexity index is 708. The molecule has 1 heterocycles. The van der Waals surface area contributed by atoms with Crippen molar-refractivity contribution < 1.29 is 14.3 Å². The van der Waals surface area contributed by atoms with Crippen LogP contribution in [-0.4, -0.2) is 23.3 Å². The summed E-state index contributed by atoms with van der Waals surface area (Å²) < 4.78 is 5.17. The van der Waals surface area contributed by atoms with E-state index in [0.29, 0.717) is 24.4 Å². The van der Waals surface area contributed by atoms with Crippen LogP contribution in [0.3, 0.4) is 0 Å². The molecule has 2 aromatic rings. The highest BCUT2D eigenvalue weighted by atomic mass is 16.6. The maximum atomic E-state index is 12.1. The molecule has 0 aromatic heterocycles. The van der Waals surface area contributed by atoms with E-state index >= 15 is 0 Å². The van der Waals surface area contributed by atoms with Crippen LogP contribution in [0, 0.1) is 0 Å². The number of nitrogens with zero attached hydrogens (tertiary/aromatic N) is 1. The van der Waals surface area contributed by atoms with Crippen molar-refractivity contribution in [3.63, 3.8) is 0 Å². The van der Waals surface area contributed by atoms with E-state index in [1.807, 2.05) is 36.4 Å². The Morgan fingerprint density at radius 3 is 2.36 bits per heavy atom. The number of carbonyl (C=O) groups is 2. The van der Waals surface area contributed by atoms with Gasteiger partial charge >= 0.3 is 6.09 Å². The van der Waals surface area contributed by atoms with Gasteiger partial charge in [0.1, 0.15) is 5.76 Å². The number of cyclic esters (lactones) is 1. The summed E-state index contributed by atoms with van der Waals surface area (Å²) in [5.41, 5.74) is 1.60. The van der Waals surface area contributed by atoms with Gasteiger partial charge in [-0.1, -0.05) is 60.7 Å². The van der Waals surface area contributed by atoms with Gasteiger partial charge in [-0.25, -0.2) is 4.79 Å². The molecule has 0 unspecified atom stereocenters. The van der Waals surface area contributed by atoms with E-state index in [0.717, 1.165) is 5.56 Å². The first-order valence-corrected chi connectivity index (χ1v) is 7.03.